The van der Waals surface area contributed by atoms with E-state index >= 15 is 0 Å². The predicted molar refractivity (Wildman–Crippen MR) is 54.6 cm³/mol. The summed E-state index contributed by atoms with van der Waals surface area (Å²) in [5.74, 6) is 0.156. The maximum absolute atomic E-state index is 10.1. The summed E-state index contributed by atoms with van der Waals surface area (Å²) in [7, 11) is 1.57. The molecule has 1 heterocycles. The molecule has 0 aliphatic carbocycles. The molecule has 1 aromatic rings. The van der Waals surface area contributed by atoms with Gasteiger partial charge in [0.25, 0.3) is 5.96 Å². The minimum Gasteiger partial charge on any atom is -0.354 e. The second-order valence-electron chi connectivity index (χ2n) is 2.37. The van der Waals surface area contributed by atoms with Crippen LogP contribution in [0, 0.1) is 10.1 Å². The van der Waals surface area contributed by atoms with Crippen molar-refractivity contribution >= 4 is 17.3 Å². The van der Waals surface area contributed by atoms with Crippen molar-refractivity contribution < 1.29 is 5.03 Å². The van der Waals surface area contributed by atoms with E-state index in [1.807, 2.05) is 17.5 Å². The molecule has 0 aliphatic heterocycles. The molecule has 1 rings (SSSR count). The van der Waals surface area contributed by atoms with Crippen LogP contribution in [-0.4, -0.2) is 18.0 Å². The Labute approximate surface area is 84.8 Å². The van der Waals surface area contributed by atoms with E-state index in [0.29, 0.717) is 6.54 Å². The maximum atomic E-state index is 10.1. The number of hydrogen-bond donors (Lipinski definition) is 2. The molecule has 2 N–H and O–H groups in total. The van der Waals surface area contributed by atoms with Gasteiger partial charge in [0.1, 0.15) is 5.10 Å². The smallest absolute Gasteiger partial charge is 0.268 e. The van der Waals surface area contributed by atoms with Crippen molar-refractivity contribution in [2.45, 2.75) is 6.54 Å². The fourth-order valence-corrected chi connectivity index (χ4v) is 1.48. The first-order valence-corrected chi connectivity index (χ1v) is 4.77. The van der Waals surface area contributed by atoms with Gasteiger partial charge < -0.3 is 10.6 Å². The van der Waals surface area contributed by atoms with Crippen LogP contribution in [0.2, 0.25) is 0 Å². The zero-order valence-electron chi connectivity index (χ0n) is 7.56. The summed E-state index contributed by atoms with van der Waals surface area (Å²) < 4.78 is 0. The van der Waals surface area contributed by atoms with Crippen molar-refractivity contribution in [1.82, 2.24) is 10.6 Å². The number of nitro groups is 1. The van der Waals surface area contributed by atoms with Gasteiger partial charge in [-0.15, -0.1) is 11.3 Å². The van der Waals surface area contributed by atoms with Crippen LogP contribution in [0.1, 0.15) is 4.88 Å². The van der Waals surface area contributed by atoms with E-state index in [2.05, 4.69) is 15.7 Å². The quantitative estimate of drug-likeness (QED) is 0.334. The van der Waals surface area contributed by atoms with E-state index in [1.165, 1.54) is 0 Å². The highest BCUT2D eigenvalue weighted by Gasteiger charge is 2.01. The third-order valence-electron chi connectivity index (χ3n) is 1.43. The Bertz CT molecular complexity index is 322. The molecule has 0 saturated carbocycles. The number of hydrogen-bond acceptors (Lipinski definition) is 3. The molecule has 6 nitrogen and oxygen atoms in total. The first-order valence-electron chi connectivity index (χ1n) is 3.89. The van der Waals surface area contributed by atoms with E-state index in [-0.39, 0.29) is 5.96 Å². The number of nitrogens with one attached hydrogen (secondary N) is 2. The standard InChI is InChI=1S/C7H10N4O2S/c1-8-7(10-11(12)13)9-5-6-3-2-4-14-6/h2-4H,5H2,1H3,(H2,8,9,10). The molecule has 0 radical (unpaired) electrons. The summed E-state index contributed by atoms with van der Waals surface area (Å²) in [5, 5.41) is 19.8. The Morgan fingerprint density at radius 2 is 2.57 bits per heavy atom. The number of nitrogens with zero attached hydrogens (tertiary/aromatic N) is 2. The molecule has 76 valence electrons. The molecule has 0 saturated heterocycles. The lowest BCUT2D eigenvalue weighted by Crippen LogP contribution is -2.34. The van der Waals surface area contributed by atoms with Gasteiger partial charge in [0.15, 0.2) is 5.03 Å². The molecule has 1 aromatic heterocycles. The van der Waals surface area contributed by atoms with Crippen LogP contribution in [0.4, 0.5) is 0 Å². The molecule has 14 heavy (non-hydrogen) atoms. The predicted octanol–water partition coefficient (Wildman–Crippen LogP) is 0.605. The highest BCUT2D eigenvalue weighted by molar-refractivity contribution is 7.09. The summed E-state index contributed by atoms with van der Waals surface area (Å²) in [5.41, 5.74) is 0. The van der Waals surface area contributed by atoms with Crippen molar-refractivity contribution in [3.05, 3.63) is 32.5 Å². The Balaban J connectivity index is 2.46. The molecular weight excluding hydrogens is 204 g/mol. The summed E-state index contributed by atoms with van der Waals surface area (Å²) in [6.07, 6.45) is 0. The number of hydrazone groups is 1. The number of thiophene rings is 1. The van der Waals surface area contributed by atoms with E-state index in [9.17, 15) is 10.1 Å². The Hall–Kier alpha value is -1.63. The second kappa shape index (κ2) is 5.18. The largest absolute Gasteiger partial charge is 0.354 e. The van der Waals surface area contributed by atoms with Crippen molar-refractivity contribution in [3.8, 4) is 0 Å². The average molecular weight is 214 g/mol. The van der Waals surface area contributed by atoms with Crippen molar-refractivity contribution in [2.75, 3.05) is 7.05 Å². The number of guanidine groups is 1. The van der Waals surface area contributed by atoms with Gasteiger partial charge in [-0.3, -0.25) is 0 Å². The minimum absolute atomic E-state index is 0.156. The molecule has 0 aromatic carbocycles. The molecule has 0 fully saturated rings. The van der Waals surface area contributed by atoms with Gasteiger partial charge in [0.05, 0.1) is 6.54 Å². The second-order valence-corrected chi connectivity index (χ2v) is 3.40. The highest BCUT2D eigenvalue weighted by Crippen LogP contribution is 2.06. The van der Waals surface area contributed by atoms with Gasteiger partial charge in [-0.25, -0.2) is 10.1 Å². The van der Waals surface area contributed by atoms with Crippen molar-refractivity contribution in [3.63, 3.8) is 0 Å². The molecule has 0 unspecified atom stereocenters. The summed E-state index contributed by atoms with van der Waals surface area (Å²) in [6, 6.07) is 3.86. The lowest BCUT2D eigenvalue weighted by atomic mass is 10.5. The Kier molecular flexibility index (Phi) is 3.86. The molecular formula is C7H10N4O2S. The third-order valence-corrected chi connectivity index (χ3v) is 2.31. The molecule has 7 heteroatoms. The zero-order valence-corrected chi connectivity index (χ0v) is 8.37. The highest BCUT2D eigenvalue weighted by atomic mass is 32.1. The fourth-order valence-electron chi connectivity index (χ4n) is 0.839. The van der Waals surface area contributed by atoms with Crippen LogP contribution >= 0.6 is 11.3 Å². The van der Waals surface area contributed by atoms with E-state index in [1.54, 1.807) is 18.4 Å². The van der Waals surface area contributed by atoms with Gasteiger partial charge in [-0.1, -0.05) is 6.07 Å². The van der Waals surface area contributed by atoms with Gasteiger partial charge >= 0.3 is 0 Å². The van der Waals surface area contributed by atoms with Crippen molar-refractivity contribution in [1.29, 1.82) is 0 Å². The van der Waals surface area contributed by atoms with Gasteiger partial charge in [0, 0.05) is 11.9 Å². The molecule has 0 aliphatic rings. The first kappa shape index (κ1) is 10.5. The van der Waals surface area contributed by atoms with Crippen LogP contribution in [-0.2, 0) is 6.54 Å². The third kappa shape index (κ3) is 3.40. The van der Waals surface area contributed by atoms with Crippen LogP contribution in [0.25, 0.3) is 0 Å². The van der Waals surface area contributed by atoms with Crippen LogP contribution < -0.4 is 10.6 Å². The lowest BCUT2D eigenvalue weighted by Gasteiger charge is -2.03. The van der Waals surface area contributed by atoms with E-state index < -0.39 is 5.03 Å². The number of rotatable bonds is 3. The van der Waals surface area contributed by atoms with E-state index in [4.69, 9.17) is 0 Å². The summed E-state index contributed by atoms with van der Waals surface area (Å²) in [6.45, 7) is 0.533. The SMILES string of the molecule is CNC(=N[N+](=O)[O-])NCc1cccs1. The average Bonchev–Trinajstić information content (AvgIpc) is 2.64. The molecule has 0 bridgehead atoms. The molecule has 0 atom stereocenters. The topological polar surface area (TPSA) is 79.6 Å². The first-order chi connectivity index (χ1) is 6.72. The minimum atomic E-state index is -0.743. The zero-order chi connectivity index (χ0) is 10.4. The lowest BCUT2D eigenvalue weighted by molar-refractivity contribution is -0.485. The molecule has 0 amide bonds. The molecule has 0 spiro atoms. The fraction of sp³-hybridized carbons (Fsp3) is 0.286. The summed E-state index contributed by atoms with van der Waals surface area (Å²) in [4.78, 5) is 11.2. The van der Waals surface area contributed by atoms with Crippen LogP contribution in [0.15, 0.2) is 22.6 Å². The van der Waals surface area contributed by atoms with E-state index in [0.717, 1.165) is 4.88 Å². The van der Waals surface area contributed by atoms with Crippen molar-refractivity contribution in [2.24, 2.45) is 5.10 Å². The summed E-state index contributed by atoms with van der Waals surface area (Å²) >= 11 is 1.58. The Morgan fingerprint density at radius 1 is 1.79 bits per heavy atom. The van der Waals surface area contributed by atoms with Crippen LogP contribution in [0.5, 0.6) is 0 Å². The van der Waals surface area contributed by atoms with Gasteiger partial charge in [-0.2, -0.15) is 0 Å². The van der Waals surface area contributed by atoms with Gasteiger partial charge in [0.2, 0.25) is 0 Å². The normalized spacial score (nSPS) is 11.1. The van der Waals surface area contributed by atoms with Gasteiger partial charge in [-0.05, 0) is 11.4 Å². The Morgan fingerprint density at radius 3 is 3.07 bits per heavy atom. The van der Waals surface area contributed by atoms with Crippen LogP contribution in [0.3, 0.4) is 0 Å². The maximum Gasteiger partial charge on any atom is 0.268 e. The monoisotopic (exact) mass is 214 g/mol.